The van der Waals surface area contributed by atoms with Gasteiger partial charge in [0, 0.05) is 0 Å². The van der Waals surface area contributed by atoms with Gasteiger partial charge in [0.25, 0.3) is 0 Å². The molecule has 0 bridgehead atoms. The van der Waals surface area contributed by atoms with Crippen LogP contribution in [0.15, 0.2) is 29.2 Å². The van der Waals surface area contributed by atoms with Gasteiger partial charge in [-0.15, -0.1) is 0 Å². The molecule has 5 nitrogen and oxygen atoms in total. The quantitative estimate of drug-likeness (QED) is 0.800. The van der Waals surface area contributed by atoms with Gasteiger partial charge in [-0.05, 0) is 18.6 Å². The molecule has 1 unspecified atom stereocenters. The molecule has 1 aromatic carbocycles. The summed E-state index contributed by atoms with van der Waals surface area (Å²) in [4.78, 5) is 0.224. The molecule has 90 valence electrons. The van der Waals surface area contributed by atoms with Crippen LogP contribution in [0.1, 0.15) is 5.56 Å². The van der Waals surface area contributed by atoms with Crippen LogP contribution in [0.2, 0.25) is 0 Å². The van der Waals surface area contributed by atoms with Crippen molar-refractivity contribution in [3.8, 4) is 0 Å². The lowest BCUT2D eigenvalue weighted by Crippen LogP contribution is -2.14. The molecule has 1 rings (SSSR count). The van der Waals surface area contributed by atoms with Crippen LogP contribution in [0.3, 0.4) is 0 Å². The van der Waals surface area contributed by atoms with E-state index >= 15 is 0 Å². The predicted molar refractivity (Wildman–Crippen MR) is 60.0 cm³/mol. The number of aryl methyl sites for hydroxylation is 1. The number of sulfone groups is 1. The van der Waals surface area contributed by atoms with Crippen LogP contribution in [0.4, 0.5) is 0 Å². The molecule has 0 saturated heterocycles. The second-order valence-corrected chi connectivity index (χ2v) is 5.87. The molecule has 1 atom stereocenters. The van der Waals surface area contributed by atoms with Crippen molar-refractivity contribution in [3.05, 3.63) is 29.8 Å². The van der Waals surface area contributed by atoms with Gasteiger partial charge in [0.05, 0.1) is 17.3 Å². The molecule has 0 aliphatic heterocycles. The van der Waals surface area contributed by atoms with Crippen LogP contribution in [0.25, 0.3) is 0 Å². The van der Waals surface area contributed by atoms with Gasteiger partial charge in [-0.3, -0.25) is 8.74 Å². The maximum Gasteiger partial charge on any atom is 0.301 e. The lowest BCUT2D eigenvalue weighted by molar-refractivity contribution is 0.326. The Labute approximate surface area is 96.9 Å². The van der Waals surface area contributed by atoms with E-state index in [1.807, 2.05) is 0 Å². The summed E-state index contributed by atoms with van der Waals surface area (Å²) in [6.45, 7) is 1.39. The van der Waals surface area contributed by atoms with E-state index in [0.717, 1.165) is 0 Å². The summed E-state index contributed by atoms with van der Waals surface area (Å²) in [7, 11) is -3.46. The molecule has 0 saturated carbocycles. The van der Waals surface area contributed by atoms with Crippen molar-refractivity contribution in [1.29, 1.82) is 0 Å². The minimum absolute atomic E-state index is 0.224. The molecular weight excluding hydrogens is 252 g/mol. The SMILES string of the molecule is Cc1ccccc1S(=O)(=O)CCOS(=O)O. The van der Waals surface area contributed by atoms with E-state index in [9.17, 15) is 12.6 Å². The van der Waals surface area contributed by atoms with Crippen molar-refractivity contribution in [3.63, 3.8) is 0 Å². The maximum atomic E-state index is 11.8. The summed E-state index contributed by atoms with van der Waals surface area (Å²) in [6, 6.07) is 6.57. The molecule has 0 aliphatic carbocycles. The van der Waals surface area contributed by atoms with Crippen molar-refractivity contribution in [2.24, 2.45) is 0 Å². The highest BCUT2D eigenvalue weighted by Gasteiger charge is 2.16. The first-order valence-corrected chi connectivity index (χ1v) is 7.14. The summed E-state index contributed by atoms with van der Waals surface area (Å²) in [5, 5.41) is 0. The van der Waals surface area contributed by atoms with E-state index in [1.54, 1.807) is 25.1 Å². The first kappa shape index (κ1) is 13.3. The van der Waals surface area contributed by atoms with E-state index < -0.39 is 21.2 Å². The fourth-order valence-electron chi connectivity index (χ4n) is 1.23. The number of rotatable bonds is 5. The standard InChI is InChI=1S/C9H12O5S2/c1-8-4-2-3-5-9(8)16(12,13)7-6-14-15(10)11/h2-5H,6-7H2,1H3,(H,10,11). The fraction of sp³-hybridized carbons (Fsp3) is 0.333. The molecule has 16 heavy (non-hydrogen) atoms. The second kappa shape index (κ2) is 5.53. The maximum absolute atomic E-state index is 11.8. The smallest absolute Gasteiger partial charge is 0.284 e. The number of hydrogen-bond donors (Lipinski definition) is 1. The van der Waals surface area contributed by atoms with Crippen molar-refractivity contribution >= 4 is 21.2 Å². The minimum Gasteiger partial charge on any atom is -0.284 e. The van der Waals surface area contributed by atoms with Gasteiger partial charge in [-0.25, -0.2) is 8.42 Å². The van der Waals surface area contributed by atoms with Crippen LogP contribution in [0.5, 0.6) is 0 Å². The first-order chi connectivity index (χ1) is 7.43. The fourth-order valence-corrected chi connectivity index (χ4v) is 2.93. The molecule has 1 aromatic rings. The van der Waals surface area contributed by atoms with Crippen LogP contribution >= 0.6 is 0 Å². The normalized spacial score (nSPS) is 13.6. The van der Waals surface area contributed by atoms with Gasteiger partial charge in [0.2, 0.25) is 0 Å². The molecule has 0 spiro atoms. The molecule has 0 aliphatic rings. The third-order valence-electron chi connectivity index (χ3n) is 1.96. The Balaban J connectivity index is 2.79. The van der Waals surface area contributed by atoms with Crippen molar-refractivity contribution < 1.29 is 21.4 Å². The molecule has 0 radical (unpaired) electrons. The second-order valence-electron chi connectivity index (χ2n) is 3.12. The van der Waals surface area contributed by atoms with Gasteiger partial charge >= 0.3 is 11.4 Å². The summed E-state index contributed by atoms with van der Waals surface area (Å²) in [5.41, 5.74) is 0.646. The Morgan fingerprint density at radius 1 is 1.38 bits per heavy atom. The first-order valence-electron chi connectivity index (χ1n) is 4.46. The molecular formula is C9H12O5S2. The Morgan fingerprint density at radius 3 is 2.56 bits per heavy atom. The van der Waals surface area contributed by atoms with Crippen molar-refractivity contribution in [2.75, 3.05) is 12.4 Å². The van der Waals surface area contributed by atoms with Crippen molar-refractivity contribution in [2.45, 2.75) is 11.8 Å². The Hall–Kier alpha value is -0.760. The lowest BCUT2D eigenvalue weighted by atomic mass is 10.2. The Bertz CT molecular complexity index is 480. The molecule has 0 aromatic heterocycles. The minimum atomic E-state index is -3.46. The largest absolute Gasteiger partial charge is 0.301 e. The van der Waals surface area contributed by atoms with E-state index in [4.69, 9.17) is 4.55 Å². The highest BCUT2D eigenvalue weighted by molar-refractivity contribution is 7.91. The van der Waals surface area contributed by atoms with Gasteiger partial charge in [-0.1, -0.05) is 18.2 Å². The molecule has 0 fully saturated rings. The summed E-state index contributed by atoms with van der Waals surface area (Å²) in [6.07, 6.45) is 0. The zero-order valence-electron chi connectivity index (χ0n) is 8.62. The molecule has 0 amide bonds. The topological polar surface area (TPSA) is 80.7 Å². The number of hydrogen-bond acceptors (Lipinski definition) is 4. The average molecular weight is 264 g/mol. The molecule has 0 heterocycles. The lowest BCUT2D eigenvalue weighted by Gasteiger charge is -2.06. The Morgan fingerprint density at radius 2 is 2.00 bits per heavy atom. The third-order valence-corrected chi connectivity index (χ3v) is 4.17. The number of benzene rings is 1. The van der Waals surface area contributed by atoms with Crippen LogP contribution in [0, 0.1) is 6.92 Å². The van der Waals surface area contributed by atoms with Gasteiger partial charge in [0.15, 0.2) is 9.84 Å². The zero-order valence-corrected chi connectivity index (χ0v) is 10.3. The highest BCUT2D eigenvalue weighted by atomic mass is 32.2. The van der Waals surface area contributed by atoms with Gasteiger partial charge in [-0.2, -0.15) is 4.21 Å². The van der Waals surface area contributed by atoms with E-state index in [2.05, 4.69) is 4.18 Å². The highest BCUT2D eigenvalue weighted by Crippen LogP contribution is 2.15. The molecule has 7 heteroatoms. The van der Waals surface area contributed by atoms with Gasteiger partial charge in [0.1, 0.15) is 0 Å². The van der Waals surface area contributed by atoms with Crippen LogP contribution < -0.4 is 0 Å². The average Bonchev–Trinajstić information content (AvgIpc) is 2.17. The predicted octanol–water partition coefficient (Wildman–Crippen LogP) is 0.922. The summed E-state index contributed by atoms with van der Waals surface area (Å²) in [5.74, 6) is -0.315. The summed E-state index contributed by atoms with van der Waals surface area (Å²) < 4.78 is 46.3. The van der Waals surface area contributed by atoms with Crippen LogP contribution in [-0.2, 0) is 25.4 Å². The molecule has 1 N–H and O–H groups in total. The monoisotopic (exact) mass is 264 g/mol. The van der Waals surface area contributed by atoms with Crippen LogP contribution in [-0.4, -0.2) is 29.5 Å². The van der Waals surface area contributed by atoms with Gasteiger partial charge < -0.3 is 0 Å². The summed E-state index contributed by atoms with van der Waals surface area (Å²) >= 11 is -2.43. The Kier molecular flexibility index (Phi) is 4.60. The van der Waals surface area contributed by atoms with E-state index in [-0.39, 0.29) is 17.3 Å². The zero-order chi connectivity index (χ0) is 12.2. The third kappa shape index (κ3) is 3.67. The van der Waals surface area contributed by atoms with Crippen molar-refractivity contribution in [1.82, 2.24) is 0 Å². The van der Waals surface area contributed by atoms with E-state index in [1.165, 1.54) is 6.07 Å². The van der Waals surface area contributed by atoms with E-state index in [0.29, 0.717) is 5.56 Å².